The van der Waals surface area contributed by atoms with E-state index in [0.29, 0.717) is 18.3 Å². The zero-order chi connectivity index (χ0) is 15.1. The van der Waals surface area contributed by atoms with Gasteiger partial charge in [-0.3, -0.25) is 5.43 Å². The number of fused-ring (bicyclic) bond motifs is 1. The van der Waals surface area contributed by atoms with E-state index < -0.39 is 0 Å². The third-order valence-corrected chi connectivity index (χ3v) is 3.41. The fourth-order valence-electron chi connectivity index (χ4n) is 2.11. The van der Waals surface area contributed by atoms with Crippen molar-refractivity contribution < 1.29 is 4.74 Å². The van der Waals surface area contributed by atoms with Gasteiger partial charge in [0.1, 0.15) is 0 Å². The van der Waals surface area contributed by atoms with Gasteiger partial charge in [-0.2, -0.15) is 5.10 Å². The van der Waals surface area contributed by atoms with Crippen molar-refractivity contribution in [3.63, 3.8) is 0 Å². The van der Waals surface area contributed by atoms with Gasteiger partial charge in [0, 0.05) is 36.3 Å². The van der Waals surface area contributed by atoms with E-state index in [0.717, 1.165) is 17.4 Å². The lowest BCUT2D eigenvalue weighted by Crippen LogP contribution is -2.34. The largest absolute Gasteiger partial charge is 0.383 e. The highest BCUT2D eigenvalue weighted by Gasteiger charge is 2.04. The first-order chi connectivity index (χ1) is 10.3. The standard InChI is InChI=1S/C15H20N4OS/c1-3-11-5-4-6-13-12(9-17-14(11)13)10-18-19-15(21)16-7-8-20-2/h4-6,9-10,17H,3,7-8H2,1-2H3,(H2,16,19,21)/b18-10+. The van der Waals surface area contributed by atoms with Gasteiger partial charge in [-0.15, -0.1) is 0 Å². The highest BCUT2D eigenvalue weighted by molar-refractivity contribution is 7.80. The number of nitrogens with zero attached hydrogens (tertiary/aromatic N) is 1. The minimum atomic E-state index is 0.484. The molecule has 5 nitrogen and oxygen atoms in total. The van der Waals surface area contributed by atoms with E-state index in [2.05, 4.69) is 46.0 Å². The number of hydrogen-bond acceptors (Lipinski definition) is 3. The topological polar surface area (TPSA) is 61.4 Å². The van der Waals surface area contributed by atoms with Gasteiger partial charge >= 0.3 is 0 Å². The number of rotatable bonds is 6. The summed E-state index contributed by atoms with van der Waals surface area (Å²) in [5.41, 5.74) is 6.30. The van der Waals surface area contributed by atoms with Crippen LogP contribution >= 0.6 is 12.2 Å². The van der Waals surface area contributed by atoms with Crippen LogP contribution in [0.4, 0.5) is 0 Å². The molecule has 0 aliphatic rings. The number of aromatic nitrogens is 1. The van der Waals surface area contributed by atoms with Crippen molar-refractivity contribution in [2.24, 2.45) is 5.10 Å². The number of ether oxygens (including phenoxy) is 1. The summed E-state index contributed by atoms with van der Waals surface area (Å²) in [4.78, 5) is 3.30. The van der Waals surface area contributed by atoms with E-state index >= 15 is 0 Å². The van der Waals surface area contributed by atoms with Crippen LogP contribution in [0, 0.1) is 0 Å². The molecule has 2 rings (SSSR count). The Hall–Kier alpha value is -1.92. The molecule has 1 heterocycles. The Bertz CT molecular complexity index is 636. The second-order valence-electron chi connectivity index (χ2n) is 4.56. The molecule has 0 amide bonds. The minimum Gasteiger partial charge on any atom is -0.383 e. The molecule has 6 heteroatoms. The van der Waals surface area contributed by atoms with Crippen LogP contribution < -0.4 is 10.7 Å². The molecule has 21 heavy (non-hydrogen) atoms. The molecule has 0 fully saturated rings. The van der Waals surface area contributed by atoms with E-state index in [1.807, 2.05) is 6.20 Å². The molecule has 0 aliphatic carbocycles. The molecule has 1 aromatic carbocycles. The summed E-state index contributed by atoms with van der Waals surface area (Å²) >= 11 is 5.10. The average molecular weight is 304 g/mol. The molecule has 0 unspecified atom stereocenters. The van der Waals surface area contributed by atoms with Crippen LogP contribution in [0.25, 0.3) is 10.9 Å². The van der Waals surface area contributed by atoms with Crippen LogP contribution in [0.1, 0.15) is 18.1 Å². The molecule has 1 aromatic heterocycles. The van der Waals surface area contributed by atoms with Crippen molar-refractivity contribution >= 4 is 34.4 Å². The lowest BCUT2D eigenvalue weighted by molar-refractivity contribution is 0.204. The first-order valence-corrected chi connectivity index (χ1v) is 7.32. The zero-order valence-corrected chi connectivity index (χ0v) is 13.1. The van der Waals surface area contributed by atoms with E-state index in [1.54, 1.807) is 13.3 Å². The number of methoxy groups -OCH3 is 1. The van der Waals surface area contributed by atoms with Gasteiger partial charge in [0.25, 0.3) is 0 Å². The highest BCUT2D eigenvalue weighted by atomic mass is 32.1. The first kappa shape index (κ1) is 15.5. The zero-order valence-electron chi connectivity index (χ0n) is 12.3. The van der Waals surface area contributed by atoms with E-state index in [1.165, 1.54) is 11.1 Å². The Morgan fingerprint density at radius 3 is 3.10 bits per heavy atom. The van der Waals surface area contributed by atoms with Gasteiger partial charge in [0.2, 0.25) is 0 Å². The molecule has 2 aromatic rings. The summed E-state index contributed by atoms with van der Waals surface area (Å²) in [5, 5.41) is 8.80. The average Bonchev–Trinajstić information content (AvgIpc) is 2.91. The molecular formula is C15H20N4OS. The summed E-state index contributed by atoms with van der Waals surface area (Å²) in [7, 11) is 1.65. The minimum absolute atomic E-state index is 0.484. The molecule has 0 radical (unpaired) electrons. The van der Waals surface area contributed by atoms with Crippen molar-refractivity contribution in [2.75, 3.05) is 20.3 Å². The molecule has 0 aliphatic heterocycles. The van der Waals surface area contributed by atoms with Crippen LogP contribution in [-0.2, 0) is 11.2 Å². The van der Waals surface area contributed by atoms with E-state index in [-0.39, 0.29) is 0 Å². The van der Waals surface area contributed by atoms with Crippen LogP contribution in [0.2, 0.25) is 0 Å². The summed E-state index contributed by atoms with van der Waals surface area (Å²) in [6, 6.07) is 6.28. The second kappa shape index (κ2) is 7.75. The number of aryl methyl sites for hydroxylation is 1. The number of aromatic amines is 1. The van der Waals surface area contributed by atoms with Crippen molar-refractivity contribution in [2.45, 2.75) is 13.3 Å². The third kappa shape index (κ3) is 4.03. The molecular weight excluding hydrogens is 284 g/mol. The maximum atomic E-state index is 5.10. The van der Waals surface area contributed by atoms with Crippen LogP contribution in [-0.4, -0.2) is 36.6 Å². The maximum absolute atomic E-state index is 5.10. The van der Waals surface area contributed by atoms with Gasteiger partial charge in [-0.05, 0) is 24.2 Å². The normalized spacial score (nSPS) is 11.1. The molecule has 0 saturated heterocycles. The van der Waals surface area contributed by atoms with Crippen LogP contribution in [0.15, 0.2) is 29.5 Å². The lowest BCUT2D eigenvalue weighted by atomic mass is 10.1. The lowest BCUT2D eigenvalue weighted by Gasteiger charge is -2.05. The van der Waals surface area contributed by atoms with Crippen LogP contribution in [0.3, 0.4) is 0 Å². The number of H-pyrrole nitrogens is 1. The SMILES string of the molecule is CCc1cccc2c(/C=N/NC(=S)NCCOC)c[nH]c12. The predicted octanol–water partition coefficient (Wildman–Crippen LogP) is 2.17. The Morgan fingerprint density at radius 1 is 1.48 bits per heavy atom. The van der Waals surface area contributed by atoms with Gasteiger partial charge in [-0.1, -0.05) is 25.1 Å². The molecule has 0 saturated carbocycles. The summed E-state index contributed by atoms with van der Waals surface area (Å²) < 4.78 is 4.93. The molecule has 0 spiro atoms. The Morgan fingerprint density at radius 2 is 2.33 bits per heavy atom. The number of thiocarbonyl (C=S) groups is 1. The molecule has 0 atom stereocenters. The first-order valence-electron chi connectivity index (χ1n) is 6.91. The quantitative estimate of drug-likeness (QED) is 0.331. The van der Waals surface area contributed by atoms with Crippen LogP contribution in [0.5, 0.6) is 0 Å². The molecule has 0 bridgehead atoms. The van der Waals surface area contributed by atoms with Crippen molar-refractivity contribution in [1.82, 2.24) is 15.7 Å². The number of hydrogen-bond donors (Lipinski definition) is 3. The van der Waals surface area contributed by atoms with Crippen molar-refractivity contribution in [3.8, 4) is 0 Å². The molecule has 3 N–H and O–H groups in total. The highest BCUT2D eigenvalue weighted by Crippen LogP contribution is 2.20. The number of hydrazone groups is 1. The second-order valence-corrected chi connectivity index (χ2v) is 4.96. The Labute approximate surface area is 129 Å². The van der Waals surface area contributed by atoms with Crippen molar-refractivity contribution in [1.29, 1.82) is 0 Å². The fourth-order valence-corrected chi connectivity index (χ4v) is 2.26. The van der Waals surface area contributed by atoms with E-state index in [9.17, 15) is 0 Å². The number of nitrogens with one attached hydrogen (secondary N) is 3. The van der Waals surface area contributed by atoms with Gasteiger partial charge in [0.05, 0.1) is 12.8 Å². The summed E-state index contributed by atoms with van der Waals surface area (Å²) in [6.45, 7) is 3.41. The van der Waals surface area contributed by atoms with Gasteiger partial charge in [-0.25, -0.2) is 0 Å². The predicted molar refractivity (Wildman–Crippen MR) is 90.9 cm³/mol. The summed E-state index contributed by atoms with van der Waals surface area (Å²) in [6.07, 6.45) is 4.72. The maximum Gasteiger partial charge on any atom is 0.187 e. The van der Waals surface area contributed by atoms with Gasteiger partial charge < -0.3 is 15.0 Å². The fraction of sp³-hybridized carbons (Fsp3) is 0.333. The summed E-state index contributed by atoms with van der Waals surface area (Å²) in [5.74, 6) is 0. The third-order valence-electron chi connectivity index (χ3n) is 3.18. The Kier molecular flexibility index (Phi) is 5.71. The smallest absolute Gasteiger partial charge is 0.187 e. The Balaban J connectivity index is 2.00. The molecule has 112 valence electrons. The monoisotopic (exact) mass is 304 g/mol. The van der Waals surface area contributed by atoms with Crippen molar-refractivity contribution in [3.05, 3.63) is 35.5 Å². The number of para-hydroxylation sites is 1. The van der Waals surface area contributed by atoms with Gasteiger partial charge in [0.15, 0.2) is 5.11 Å². The number of benzene rings is 1. The van der Waals surface area contributed by atoms with E-state index in [4.69, 9.17) is 17.0 Å².